The molecule has 2 aromatic carbocycles. The van der Waals surface area contributed by atoms with E-state index in [1.165, 1.54) is 4.90 Å². The van der Waals surface area contributed by atoms with Crippen LogP contribution in [0.15, 0.2) is 72.9 Å². The molecule has 0 saturated heterocycles. The van der Waals surface area contributed by atoms with Gasteiger partial charge in [0.2, 0.25) is 23.6 Å². The number of hydrogen-bond acceptors (Lipinski definition) is 8. The van der Waals surface area contributed by atoms with Crippen molar-refractivity contribution in [2.24, 2.45) is 11.1 Å². The molecule has 0 bridgehead atoms. The van der Waals surface area contributed by atoms with Crippen molar-refractivity contribution in [2.45, 2.75) is 77.0 Å². The van der Waals surface area contributed by atoms with Gasteiger partial charge in [-0.15, -0.1) is 0 Å². The summed E-state index contributed by atoms with van der Waals surface area (Å²) < 4.78 is 31.4. The third-order valence-electron chi connectivity index (χ3n) is 10.4. The number of rotatable bonds is 17. The van der Waals surface area contributed by atoms with Crippen LogP contribution in [0.5, 0.6) is 0 Å². The van der Waals surface area contributed by atoms with Crippen molar-refractivity contribution in [1.29, 1.82) is 0 Å². The molecule has 6 amide bonds. The number of carbonyl (C=O) groups is 6. The van der Waals surface area contributed by atoms with Crippen LogP contribution in [0.3, 0.4) is 0 Å². The SMILES string of the molecule is CC(C)(C)[C@H](c1cc(-c2cc(F)ccc2F)cn1Cc1ccccc1)N(CC[C@H](N)C(=O)NC1(C(=O)NCCNC(=O)CN2C(=O)C=CC2=O)CCCC1)C(=O)CO. The number of halogens is 2. The maximum Gasteiger partial charge on any atom is 0.254 e. The molecule has 1 fully saturated rings. The third kappa shape index (κ3) is 10.4. The monoisotopic (exact) mass is 803 g/mol. The van der Waals surface area contributed by atoms with Gasteiger partial charge in [0.05, 0.1) is 12.1 Å². The van der Waals surface area contributed by atoms with Crippen molar-refractivity contribution in [1.82, 2.24) is 30.3 Å². The first-order chi connectivity index (χ1) is 27.5. The van der Waals surface area contributed by atoms with Gasteiger partial charge in [-0.2, -0.15) is 0 Å². The first kappa shape index (κ1) is 43.4. The molecule has 1 saturated carbocycles. The lowest BCUT2D eigenvalue weighted by Gasteiger charge is -2.41. The summed E-state index contributed by atoms with van der Waals surface area (Å²) in [6.45, 7) is 4.71. The number of aliphatic hydroxyl groups excluding tert-OH is 1. The minimum atomic E-state index is -1.26. The molecule has 0 radical (unpaired) electrons. The van der Waals surface area contributed by atoms with Gasteiger partial charge in [0.15, 0.2) is 0 Å². The number of nitrogens with two attached hydrogens (primary N) is 1. The molecule has 2 aliphatic rings. The molecule has 0 spiro atoms. The molecule has 1 aliphatic carbocycles. The highest BCUT2D eigenvalue weighted by Gasteiger charge is 2.43. The largest absolute Gasteiger partial charge is 0.387 e. The Hall–Kier alpha value is -5.74. The number of benzene rings is 2. The van der Waals surface area contributed by atoms with Crippen molar-refractivity contribution < 1.29 is 42.7 Å². The second kappa shape index (κ2) is 18.7. The predicted molar refractivity (Wildman–Crippen MR) is 210 cm³/mol. The summed E-state index contributed by atoms with van der Waals surface area (Å²) in [6.07, 6.45) is 5.85. The van der Waals surface area contributed by atoms with E-state index in [1.807, 2.05) is 55.7 Å². The molecule has 1 aromatic heterocycles. The van der Waals surface area contributed by atoms with E-state index in [2.05, 4.69) is 16.0 Å². The molecule has 5 rings (SSSR count). The number of imide groups is 1. The van der Waals surface area contributed by atoms with E-state index in [0.717, 1.165) is 40.8 Å². The van der Waals surface area contributed by atoms with E-state index in [1.54, 1.807) is 12.3 Å². The highest BCUT2D eigenvalue weighted by atomic mass is 19.1. The van der Waals surface area contributed by atoms with Crippen molar-refractivity contribution in [3.05, 3.63) is 95.8 Å². The maximum atomic E-state index is 15.1. The predicted octanol–water partition coefficient (Wildman–Crippen LogP) is 2.69. The van der Waals surface area contributed by atoms with Crippen LogP contribution in [0.2, 0.25) is 0 Å². The zero-order valence-corrected chi connectivity index (χ0v) is 32.9. The van der Waals surface area contributed by atoms with E-state index in [-0.39, 0.29) is 31.6 Å². The lowest BCUT2D eigenvalue weighted by molar-refractivity contribution is -0.141. The lowest BCUT2D eigenvalue weighted by Crippen LogP contribution is -2.60. The van der Waals surface area contributed by atoms with E-state index in [4.69, 9.17) is 5.73 Å². The van der Waals surface area contributed by atoms with Crippen molar-refractivity contribution in [3.63, 3.8) is 0 Å². The standard InChI is InChI=1S/C42H51F2N7O7/c1-41(2,3)38(33-21-28(30-22-29(43)11-12-31(30)44)24-49(33)23-27-9-5-4-6-10-27)50(37(56)26-52)20-15-32(45)39(57)48-42(16-7-8-17-42)40(58)47-19-18-46-34(53)25-51-35(54)13-14-36(51)55/h4-6,9-14,21-22,24,32,38,52H,7-8,15-20,23,25-26,45H2,1-3H3,(H,46,53)(H,47,58)(H,48,57)/t32-,38-/m0/s1. The molecule has 16 heteroatoms. The molecular formula is C42H51F2N7O7. The van der Waals surface area contributed by atoms with Gasteiger partial charge < -0.3 is 36.3 Å². The van der Waals surface area contributed by atoms with E-state index < -0.39 is 83.3 Å². The topological polar surface area (TPSA) is 196 Å². The van der Waals surface area contributed by atoms with Crippen LogP contribution in [0.1, 0.15) is 70.2 Å². The molecule has 0 unspecified atom stereocenters. The first-order valence-electron chi connectivity index (χ1n) is 19.3. The molecule has 58 heavy (non-hydrogen) atoms. The molecule has 3 aromatic rings. The minimum absolute atomic E-state index is 0.00876. The molecule has 1 aliphatic heterocycles. The van der Waals surface area contributed by atoms with Crippen LogP contribution in [0, 0.1) is 17.0 Å². The van der Waals surface area contributed by atoms with E-state index >= 15 is 4.39 Å². The number of amides is 6. The second-order valence-corrected chi connectivity index (χ2v) is 15.8. The Morgan fingerprint density at radius 3 is 2.24 bits per heavy atom. The summed E-state index contributed by atoms with van der Waals surface area (Å²) in [4.78, 5) is 78.7. The third-order valence-corrected chi connectivity index (χ3v) is 10.4. The highest BCUT2D eigenvalue weighted by molar-refractivity contribution is 6.14. The van der Waals surface area contributed by atoms with Crippen molar-refractivity contribution in [3.8, 4) is 11.1 Å². The van der Waals surface area contributed by atoms with E-state index in [0.29, 0.717) is 43.5 Å². The Balaban J connectivity index is 1.30. The van der Waals surface area contributed by atoms with Gasteiger partial charge in [0, 0.05) is 61.3 Å². The number of carbonyl (C=O) groups excluding carboxylic acids is 6. The fourth-order valence-corrected chi connectivity index (χ4v) is 7.56. The van der Waals surface area contributed by atoms with E-state index in [9.17, 15) is 38.3 Å². The quantitative estimate of drug-likeness (QED) is 0.102. The van der Waals surface area contributed by atoms with Gasteiger partial charge in [0.1, 0.15) is 30.3 Å². The van der Waals surface area contributed by atoms with Gasteiger partial charge >= 0.3 is 0 Å². The summed E-state index contributed by atoms with van der Waals surface area (Å²) in [6, 6.07) is 12.5. The Labute approximate surface area is 335 Å². The van der Waals surface area contributed by atoms with Gasteiger partial charge in [-0.3, -0.25) is 33.7 Å². The molecule has 2 atom stereocenters. The zero-order valence-electron chi connectivity index (χ0n) is 32.9. The van der Waals surface area contributed by atoms with Crippen LogP contribution in [0.25, 0.3) is 11.1 Å². The second-order valence-electron chi connectivity index (χ2n) is 15.8. The van der Waals surface area contributed by atoms with Gasteiger partial charge in [-0.05, 0) is 54.5 Å². The van der Waals surface area contributed by atoms with Crippen molar-refractivity contribution in [2.75, 3.05) is 32.8 Å². The van der Waals surface area contributed by atoms with Crippen LogP contribution < -0.4 is 21.7 Å². The maximum absolute atomic E-state index is 15.1. The molecule has 6 N–H and O–H groups in total. The first-order valence-corrected chi connectivity index (χ1v) is 19.3. The molecule has 310 valence electrons. The average molecular weight is 804 g/mol. The highest BCUT2D eigenvalue weighted by Crippen LogP contribution is 2.41. The zero-order chi connectivity index (χ0) is 42.2. The van der Waals surface area contributed by atoms with Gasteiger partial charge in [-0.1, -0.05) is 63.9 Å². The van der Waals surface area contributed by atoms with Crippen LogP contribution >= 0.6 is 0 Å². The number of nitrogens with one attached hydrogen (secondary N) is 3. The number of aliphatic hydroxyl groups is 1. The average Bonchev–Trinajstić information content (AvgIpc) is 3.91. The summed E-state index contributed by atoms with van der Waals surface area (Å²) in [5, 5.41) is 18.3. The van der Waals surface area contributed by atoms with Crippen molar-refractivity contribution >= 4 is 35.4 Å². The number of hydrogen-bond donors (Lipinski definition) is 5. The Kier molecular flexibility index (Phi) is 14.0. The summed E-state index contributed by atoms with van der Waals surface area (Å²) in [5.74, 6) is -4.69. The number of aromatic nitrogens is 1. The van der Waals surface area contributed by atoms with Crippen LogP contribution in [-0.4, -0.2) is 99.3 Å². The molecule has 2 heterocycles. The Bertz CT molecular complexity index is 2020. The molecule has 14 nitrogen and oxygen atoms in total. The summed E-state index contributed by atoms with van der Waals surface area (Å²) in [7, 11) is 0. The summed E-state index contributed by atoms with van der Waals surface area (Å²) >= 11 is 0. The minimum Gasteiger partial charge on any atom is -0.387 e. The van der Waals surface area contributed by atoms with Gasteiger partial charge in [0.25, 0.3) is 11.8 Å². The molecular weight excluding hydrogens is 752 g/mol. The lowest BCUT2D eigenvalue weighted by atomic mass is 9.82. The number of nitrogens with zero attached hydrogens (tertiary/aromatic N) is 3. The normalized spacial score (nSPS) is 15.9. The van der Waals surface area contributed by atoms with Gasteiger partial charge in [-0.25, -0.2) is 8.78 Å². The fourth-order valence-electron chi connectivity index (χ4n) is 7.56. The fraction of sp³-hybridized carbons (Fsp3) is 0.429. The summed E-state index contributed by atoms with van der Waals surface area (Å²) in [5.41, 5.74) is 6.43. The van der Waals surface area contributed by atoms with Crippen LogP contribution in [-0.2, 0) is 35.3 Å². The Morgan fingerprint density at radius 1 is 0.948 bits per heavy atom. The van der Waals surface area contributed by atoms with Crippen LogP contribution in [0.4, 0.5) is 8.78 Å². The smallest absolute Gasteiger partial charge is 0.254 e. The Morgan fingerprint density at radius 2 is 1.60 bits per heavy atom.